The van der Waals surface area contributed by atoms with Crippen LogP contribution in [0.1, 0.15) is 43.0 Å². The minimum Gasteiger partial charge on any atom is -0.271 e. The summed E-state index contributed by atoms with van der Waals surface area (Å²) in [7, 11) is 0. The molecule has 1 aromatic carbocycles. The van der Waals surface area contributed by atoms with E-state index in [2.05, 4.69) is 12.0 Å². The molecule has 0 spiro atoms. The maximum Gasteiger partial charge on any atom is 0.123 e. The Morgan fingerprint density at radius 3 is 2.90 bits per heavy atom. The van der Waals surface area contributed by atoms with Gasteiger partial charge in [0.1, 0.15) is 5.82 Å². The summed E-state index contributed by atoms with van der Waals surface area (Å²) in [6.45, 7) is 3.73. The molecular weight excluding hydrogens is 271 g/mol. The maximum atomic E-state index is 13.2. The van der Waals surface area contributed by atoms with Gasteiger partial charge in [0.25, 0.3) is 0 Å². The van der Waals surface area contributed by atoms with Crippen LogP contribution in [0.5, 0.6) is 0 Å². The Balaban J connectivity index is 1.99. The number of rotatable bonds is 8. The predicted molar refractivity (Wildman–Crippen MR) is 85.1 cm³/mol. The highest BCUT2D eigenvalue weighted by Gasteiger charge is 2.13. The Hall–Kier alpha value is -1.23. The Morgan fingerprint density at radius 1 is 1.30 bits per heavy atom. The van der Waals surface area contributed by atoms with E-state index in [-0.39, 0.29) is 11.9 Å². The third kappa shape index (κ3) is 3.88. The Kier molecular flexibility index (Phi) is 5.71. The Bertz CT molecular complexity index is 565. The zero-order valence-corrected chi connectivity index (χ0v) is 12.4. The van der Waals surface area contributed by atoms with Crippen LogP contribution in [0.2, 0.25) is 0 Å². The lowest BCUT2D eigenvalue weighted by molar-refractivity contribution is 0.490. The van der Waals surface area contributed by atoms with E-state index < -0.39 is 0 Å². The van der Waals surface area contributed by atoms with Crippen molar-refractivity contribution in [2.45, 2.75) is 38.1 Å². The summed E-state index contributed by atoms with van der Waals surface area (Å²) in [5, 5.41) is 0.955. The smallest absolute Gasteiger partial charge is 0.123 e. The van der Waals surface area contributed by atoms with Gasteiger partial charge in [0.15, 0.2) is 0 Å². The normalized spacial score (nSPS) is 12.7. The molecule has 0 aliphatic heterocycles. The molecule has 0 bridgehead atoms. The van der Waals surface area contributed by atoms with E-state index >= 15 is 0 Å². The van der Waals surface area contributed by atoms with Crippen LogP contribution in [0.4, 0.5) is 4.39 Å². The molecule has 0 fully saturated rings. The van der Waals surface area contributed by atoms with Crippen molar-refractivity contribution >= 4 is 21.4 Å². The van der Waals surface area contributed by atoms with E-state index in [0.29, 0.717) is 0 Å². The van der Waals surface area contributed by atoms with E-state index in [9.17, 15) is 4.39 Å². The number of benzene rings is 1. The number of nitrogens with two attached hydrogens (primary N) is 1. The third-order valence-corrected chi connectivity index (χ3v) is 4.67. The van der Waals surface area contributed by atoms with Crippen LogP contribution in [-0.2, 0) is 0 Å². The number of hydrazine groups is 1. The Morgan fingerprint density at radius 2 is 2.15 bits per heavy atom. The van der Waals surface area contributed by atoms with Crippen molar-refractivity contribution in [3.63, 3.8) is 0 Å². The van der Waals surface area contributed by atoms with Gasteiger partial charge in [0.2, 0.25) is 0 Å². The summed E-state index contributed by atoms with van der Waals surface area (Å²) in [5.41, 5.74) is 2.88. The molecule has 1 heterocycles. The number of hydrogen-bond donors (Lipinski definition) is 2. The molecule has 108 valence electrons. The molecular formula is C16H21FN2S. The highest BCUT2D eigenvalue weighted by atomic mass is 32.1. The minimum absolute atomic E-state index is 0.152. The van der Waals surface area contributed by atoms with Gasteiger partial charge in [-0.15, -0.1) is 17.9 Å². The lowest BCUT2D eigenvalue weighted by atomic mass is 10.1. The molecule has 2 nitrogen and oxygen atoms in total. The van der Waals surface area contributed by atoms with Crippen molar-refractivity contribution in [3.05, 3.63) is 47.6 Å². The standard InChI is InChI=1S/C16H21FN2S/c1-2-3-4-5-6-7-14(19-18)16-11-12-10-13(17)8-9-15(12)20-16/h2,8-11,14,19H,1,3-7,18H2. The van der Waals surface area contributed by atoms with E-state index in [4.69, 9.17) is 5.84 Å². The average Bonchev–Trinajstić information content (AvgIpc) is 2.85. The molecule has 1 unspecified atom stereocenters. The summed E-state index contributed by atoms with van der Waals surface area (Å²) in [6.07, 6.45) is 7.53. The van der Waals surface area contributed by atoms with Gasteiger partial charge in [-0.2, -0.15) is 0 Å². The lowest BCUT2D eigenvalue weighted by Crippen LogP contribution is -2.27. The largest absolute Gasteiger partial charge is 0.271 e. The van der Waals surface area contributed by atoms with Crippen LogP contribution in [-0.4, -0.2) is 0 Å². The van der Waals surface area contributed by atoms with Crippen molar-refractivity contribution < 1.29 is 4.39 Å². The first-order valence-electron chi connectivity index (χ1n) is 7.00. The summed E-state index contributed by atoms with van der Waals surface area (Å²) in [4.78, 5) is 1.18. The van der Waals surface area contributed by atoms with E-state index in [1.807, 2.05) is 18.2 Å². The molecule has 0 saturated heterocycles. The van der Waals surface area contributed by atoms with Gasteiger partial charge in [0, 0.05) is 9.58 Å². The minimum atomic E-state index is -0.191. The molecule has 2 rings (SSSR count). The maximum absolute atomic E-state index is 13.2. The van der Waals surface area contributed by atoms with Crippen molar-refractivity contribution in [3.8, 4) is 0 Å². The first-order chi connectivity index (χ1) is 9.74. The van der Waals surface area contributed by atoms with Crippen LogP contribution in [0.25, 0.3) is 10.1 Å². The van der Waals surface area contributed by atoms with E-state index in [0.717, 1.165) is 29.3 Å². The monoisotopic (exact) mass is 292 g/mol. The quantitative estimate of drug-likeness (QED) is 0.321. The molecule has 4 heteroatoms. The molecule has 0 amide bonds. The number of fused-ring (bicyclic) bond motifs is 1. The Labute approximate surface area is 123 Å². The molecule has 3 N–H and O–H groups in total. The van der Waals surface area contributed by atoms with E-state index in [1.165, 1.54) is 23.8 Å². The second kappa shape index (κ2) is 7.53. The topological polar surface area (TPSA) is 38.0 Å². The molecule has 1 aromatic heterocycles. The van der Waals surface area contributed by atoms with E-state index in [1.54, 1.807) is 17.4 Å². The molecule has 0 aliphatic rings. The van der Waals surface area contributed by atoms with Gasteiger partial charge in [-0.05, 0) is 48.9 Å². The summed E-state index contributed by atoms with van der Waals surface area (Å²) in [5.74, 6) is 5.47. The fraction of sp³-hybridized carbons (Fsp3) is 0.375. The molecule has 20 heavy (non-hydrogen) atoms. The lowest BCUT2D eigenvalue weighted by Gasteiger charge is -2.13. The van der Waals surface area contributed by atoms with Crippen molar-refractivity contribution in [2.24, 2.45) is 5.84 Å². The highest BCUT2D eigenvalue weighted by molar-refractivity contribution is 7.19. The number of halogens is 1. The first kappa shape index (κ1) is 15.2. The molecule has 1 atom stereocenters. The van der Waals surface area contributed by atoms with Gasteiger partial charge >= 0.3 is 0 Å². The number of nitrogens with one attached hydrogen (secondary N) is 1. The van der Waals surface area contributed by atoms with Crippen LogP contribution in [0, 0.1) is 5.82 Å². The SMILES string of the molecule is C=CCCCCCC(NN)c1cc2cc(F)ccc2s1. The first-order valence-corrected chi connectivity index (χ1v) is 7.82. The zero-order chi connectivity index (χ0) is 14.4. The summed E-state index contributed by atoms with van der Waals surface area (Å²) >= 11 is 1.68. The average molecular weight is 292 g/mol. The molecule has 0 saturated carbocycles. The second-order valence-corrected chi connectivity index (χ2v) is 6.09. The second-order valence-electron chi connectivity index (χ2n) is 4.98. The van der Waals surface area contributed by atoms with Gasteiger partial charge in [-0.3, -0.25) is 11.3 Å². The number of thiophene rings is 1. The van der Waals surface area contributed by atoms with Gasteiger partial charge in [-0.1, -0.05) is 18.9 Å². The summed E-state index contributed by atoms with van der Waals surface area (Å²) in [6, 6.07) is 7.10. The molecule has 0 aliphatic carbocycles. The fourth-order valence-electron chi connectivity index (χ4n) is 2.33. The van der Waals surface area contributed by atoms with Gasteiger partial charge in [0.05, 0.1) is 6.04 Å². The van der Waals surface area contributed by atoms with Crippen molar-refractivity contribution in [2.75, 3.05) is 0 Å². The van der Waals surface area contributed by atoms with Crippen molar-refractivity contribution in [1.82, 2.24) is 5.43 Å². The molecule has 0 radical (unpaired) electrons. The highest BCUT2D eigenvalue weighted by Crippen LogP contribution is 2.32. The number of hydrogen-bond acceptors (Lipinski definition) is 3. The van der Waals surface area contributed by atoms with Crippen LogP contribution in [0.3, 0.4) is 0 Å². The fourth-order valence-corrected chi connectivity index (χ4v) is 3.47. The van der Waals surface area contributed by atoms with Gasteiger partial charge in [-0.25, -0.2) is 4.39 Å². The van der Waals surface area contributed by atoms with Crippen LogP contribution in [0.15, 0.2) is 36.9 Å². The van der Waals surface area contributed by atoms with Crippen LogP contribution < -0.4 is 11.3 Å². The van der Waals surface area contributed by atoms with Crippen molar-refractivity contribution in [1.29, 1.82) is 0 Å². The predicted octanol–water partition coefficient (Wildman–Crippen LogP) is 4.68. The third-order valence-electron chi connectivity index (χ3n) is 3.44. The van der Waals surface area contributed by atoms with Gasteiger partial charge < -0.3 is 0 Å². The van der Waals surface area contributed by atoms with Crippen LogP contribution >= 0.6 is 11.3 Å². The molecule has 2 aromatic rings. The summed E-state index contributed by atoms with van der Waals surface area (Å²) < 4.78 is 14.3. The zero-order valence-electron chi connectivity index (χ0n) is 11.6. The number of unbranched alkanes of at least 4 members (excludes halogenated alkanes) is 3. The number of allylic oxidation sites excluding steroid dienone is 1.